The van der Waals surface area contributed by atoms with Gasteiger partial charge in [-0.05, 0) is 43.3 Å². The fourth-order valence-electron chi connectivity index (χ4n) is 1.84. The van der Waals surface area contributed by atoms with E-state index in [9.17, 15) is 0 Å². The molecule has 0 aliphatic carbocycles. The lowest BCUT2D eigenvalue weighted by molar-refractivity contribution is 0.652. The molecule has 0 saturated carbocycles. The predicted octanol–water partition coefficient (Wildman–Crippen LogP) is 3.53. The fourth-order valence-corrected chi connectivity index (χ4v) is 2.72. The molecule has 1 aromatic carbocycles. The van der Waals surface area contributed by atoms with Crippen LogP contribution in [0.5, 0.6) is 0 Å². The van der Waals surface area contributed by atoms with Crippen LogP contribution in [0.2, 0.25) is 0 Å². The molecule has 2 rings (SSSR count). The minimum Gasteiger partial charge on any atom is -0.313 e. The topological polar surface area (TPSA) is 48.7 Å². The van der Waals surface area contributed by atoms with Crippen molar-refractivity contribution in [1.82, 2.24) is 10.3 Å². The summed E-state index contributed by atoms with van der Waals surface area (Å²) in [6.45, 7) is 2.14. The molecule has 1 heterocycles. The van der Waals surface area contributed by atoms with Crippen molar-refractivity contribution in [1.29, 1.82) is 5.26 Å². The summed E-state index contributed by atoms with van der Waals surface area (Å²) in [5.74, 6) is 0.762. The molecule has 0 bridgehead atoms. The second-order valence-electron chi connectivity index (χ2n) is 4.49. The molecule has 0 spiro atoms. The first-order chi connectivity index (χ1) is 9.74. The molecule has 0 saturated heterocycles. The molecule has 0 fully saturated rings. The molecule has 0 radical (unpaired) electrons. The van der Waals surface area contributed by atoms with Crippen molar-refractivity contribution in [3.63, 3.8) is 0 Å². The first-order valence-electron chi connectivity index (χ1n) is 6.48. The molecule has 102 valence electrons. The van der Waals surface area contributed by atoms with E-state index >= 15 is 0 Å². The number of hydrogen-bond acceptors (Lipinski definition) is 4. The van der Waals surface area contributed by atoms with Gasteiger partial charge >= 0.3 is 0 Å². The number of benzene rings is 1. The van der Waals surface area contributed by atoms with E-state index in [1.807, 2.05) is 19.2 Å². The average molecular weight is 283 g/mol. The maximum absolute atomic E-state index is 9.01. The Morgan fingerprint density at radius 1 is 1.30 bits per heavy atom. The Balaban J connectivity index is 2.03. The summed E-state index contributed by atoms with van der Waals surface area (Å²) in [4.78, 5) is 5.27. The number of pyridine rings is 1. The molecule has 0 amide bonds. The van der Waals surface area contributed by atoms with Gasteiger partial charge in [0.25, 0.3) is 0 Å². The molecule has 1 atom stereocenters. The van der Waals surface area contributed by atoms with E-state index in [0.717, 1.165) is 11.3 Å². The zero-order chi connectivity index (χ0) is 14.4. The summed E-state index contributed by atoms with van der Waals surface area (Å²) in [6, 6.07) is 14.8. The van der Waals surface area contributed by atoms with Crippen molar-refractivity contribution >= 4 is 11.8 Å². The number of nitrogens with one attached hydrogen (secondary N) is 1. The molecule has 1 aromatic heterocycles. The number of rotatable bonds is 5. The van der Waals surface area contributed by atoms with Gasteiger partial charge in [-0.2, -0.15) is 5.26 Å². The van der Waals surface area contributed by atoms with Crippen LogP contribution in [0, 0.1) is 11.3 Å². The third-order valence-corrected chi connectivity index (χ3v) is 4.27. The molecule has 3 nitrogen and oxygen atoms in total. The van der Waals surface area contributed by atoms with Crippen LogP contribution >= 0.6 is 11.8 Å². The molecule has 0 aliphatic rings. The van der Waals surface area contributed by atoms with Crippen molar-refractivity contribution in [3.8, 4) is 6.07 Å². The maximum atomic E-state index is 9.01. The lowest BCUT2D eigenvalue weighted by Crippen LogP contribution is -2.11. The van der Waals surface area contributed by atoms with E-state index in [-0.39, 0.29) is 0 Å². The van der Waals surface area contributed by atoms with Crippen LogP contribution in [-0.4, -0.2) is 12.0 Å². The summed E-state index contributed by atoms with van der Waals surface area (Å²) in [7, 11) is 1.96. The van der Waals surface area contributed by atoms with Gasteiger partial charge in [-0.3, -0.25) is 0 Å². The summed E-state index contributed by atoms with van der Waals surface area (Å²) < 4.78 is 0. The summed E-state index contributed by atoms with van der Waals surface area (Å²) >= 11 is 1.72. The summed E-state index contributed by atoms with van der Waals surface area (Å²) in [6.07, 6.45) is 1.65. The molecule has 4 heteroatoms. The Hall–Kier alpha value is -1.83. The van der Waals surface area contributed by atoms with Gasteiger partial charge in [0.05, 0.1) is 0 Å². The standard InChI is InChI=1S/C16H17N3S/c1-12(18-2)13-5-7-15(8-6-13)20-11-14-4-3-9-19-16(14)10-17/h3-9,12,18H,11H2,1-2H3. The first kappa shape index (κ1) is 14.6. The van der Waals surface area contributed by atoms with Gasteiger partial charge < -0.3 is 5.32 Å². The Kier molecular flexibility index (Phi) is 5.16. The molecular formula is C16H17N3S. The zero-order valence-corrected chi connectivity index (χ0v) is 12.4. The number of aromatic nitrogens is 1. The highest BCUT2D eigenvalue weighted by Gasteiger charge is 2.05. The van der Waals surface area contributed by atoms with Gasteiger partial charge in [0.15, 0.2) is 0 Å². The van der Waals surface area contributed by atoms with Crippen molar-refractivity contribution < 1.29 is 0 Å². The van der Waals surface area contributed by atoms with Crippen LogP contribution in [0.15, 0.2) is 47.5 Å². The number of hydrogen-bond donors (Lipinski definition) is 1. The second-order valence-corrected chi connectivity index (χ2v) is 5.54. The van der Waals surface area contributed by atoms with Crippen molar-refractivity contribution in [2.45, 2.75) is 23.6 Å². The molecule has 2 aromatic rings. The van der Waals surface area contributed by atoms with Crippen molar-refractivity contribution in [2.75, 3.05) is 7.05 Å². The minimum atomic E-state index is 0.359. The van der Waals surface area contributed by atoms with Crippen LogP contribution < -0.4 is 5.32 Å². The second kappa shape index (κ2) is 7.09. The van der Waals surface area contributed by atoms with Gasteiger partial charge in [0.2, 0.25) is 0 Å². The van der Waals surface area contributed by atoms with Gasteiger partial charge in [-0.25, -0.2) is 4.98 Å². The van der Waals surface area contributed by atoms with Gasteiger partial charge in [0.1, 0.15) is 11.8 Å². The van der Waals surface area contributed by atoms with Crippen LogP contribution in [0.1, 0.15) is 29.8 Å². The molecule has 0 aliphatic heterocycles. The Morgan fingerprint density at radius 3 is 2.70 bits per heavy atom. The SMILES string of the molecule is CNC(C)c1ccc(SCc2cccnc2C#N)cc1. The third kappa shape index (κ3) is 3.60. The van der Waals surface area contributed by atoms with E-state index < -0.39 is 0 Å². The highest BCUT2D eigenvalue weighted by molar-refractivity contribution is 7.98. The quantitative estimate of drug-likeness (QED) is 0.853. The van der Waals surface area contributed by atoms with E-state index in [0.29, 0.717) is 11.7 Å². The average Bonchev–Trinajstić information content (AvgIpc) is 2.53. The van der Waals surface area contributed by atoms with E-state index in [4.69, 9.17) is 5.26 Å². The first-order valence-corrected chi connectivity index (χ1v) is 7.47. The highest BCUT2D eigenvalue weighted by Crippen LogP contribution is 2.25. The van der Waals surface area contributed by atoms with Crippen LogP contribution in [0.3, 0.4) is 0 Å². The van der Waals surface area contributed by atoms with Gasteiger partial charge in [-0.15, -0.1) is 11.8 Å². The van der Waals surface area contributed by atoms with Crippen molar-refractivity contribution in [2.24, 2.45) is 0 Å². The van der Waals surface area contributed by atoms with E-state index in [2.05, 4.69) is 47.6 Å². The number of thioether (sulfide) groups is 1. The smallest absolute Gasteiger partial charge is 0.144 e. The van der Waals surface area contributed by atoms with E-state index in [1.54, 1.807) is 18.0 Å². The predicted molar refractivity (Wildman–Crippen MR) is 82.4 cm³/mol. The van der Waals surface area contributed by atoms with Gasteiger partial charge in [-0.1, -0.05) is 18.2 Å². The fraction of sp³-hybridized carbons (Fsp3) is 0.250. The molecular weight excluding hydrogens is 266 g/mol. The van der Waals surface area contributed by atoms with E-state index in [1.165, 1.54) is 10.5 Å². The lowest BCUT2D eigenvalue weighted by Gasteiger charge is -2.11. The Bertz CT molecular complexity index is 602. The maximum Gasteiger partial charge on any atom is 0.144 e. The number of nitrogens with zero attached hydrogens (tertiary/aromatic N) is 2. The summed E-state index contributed by atoms with van der Waals surface area (Å²) in [5.41, 5.74) is 2.77. The lowest BCUT2D eigenvalue weighted by atomic mass is 10.1. The summed E-state index contributed by atoms with van der Waals surface area (Å²) in [5, 5.41) is 12.2. The molecule has 20 heavy (non-hydrogen) atoms. The normalized spacial score (nSPS) is 11.8. The Morgan fingerprint density at radius 2 is 2.05 bits per heavy atom. The molecule has 1 N–H and O–H groups in total. The zero-order valence-electron chi connectivity index (χ0n) is 11.6. The van der Waals surface area contributed by atoms with Crippen molar-refractivity contribution in [3.05, 3.63) is 59.4 Å². The highest BCUT2D eigenvalue weighted by atomic mass is 32.2. The van der Waals surface area contributed by atoms with Crippen LogP contribution in [0.4, 0.5) is 0 Å². The number of nitriles is 1. The van der Waals surface area contributed by atoms with Gasteiger partial charge in [0, 0.05) is 22.9 Å². The van der Waals surface area contributed by atoms with Crippen LogP contribution in [0.25, 0.3) is 0 Å². The third-order valence-electron chi connectivity index (χ3n) is 3.20. The van der Waals surface area contributed by atoms with Crippen LogP contribution in [-0.2, 0) is 5.75 Å². The largest absolute Gasteiger partial charge is 0.313 e. The Labute approximate surface area is 124 Å². The monoisotopic (exact) mass is 283 g/mol. The molecule has 1 unspecified atom stereocenters. The minimum absolute atomic E-state index is 0.359.